The maximum absolute atomic E-state index is 12.9. The zero-order valence-electron chi connectivity index (χ0n) is 13.4. The minimum absolute atomic E-state index is 0.0254. The first-order valence-electron chi connectivity index (χ1n) is 8.00. The van der Waals surface area contributed by atoms with Crippen LogP contribution in [-0.4, -0.2) is 58.9 Å². The molecule has 2 amide bonds. The van der Waals surface area contributed by atoms with E-state index in [4.69, 9.17) is 5.73 Å². The van der Waals surface area contributed by atoms with Crippen LogP contribution in [0.3, 0.4) is 0 Å². The summed E-state index contributed by atoms with van der Waals surface area (Å²) in [6.07, 6.45) is 0. The van der Waals surface area contributed by atoms with Crippen LogP contribution in [0.2, 0.25) is 0 Å². The number of thioether (sulfide) groups is 1. The molecule has 124 valence electrons. The standard InChI is InChI=1S/C17H23N3O2S/c1-12(21)20-11-23-10-16(20)17(22)19-8-14(7-18)15(9-19)13-5-3-2-4-6-13/h2-6,14-16H,7-11,18H2,1H3/t14-,15+,16?/m1/s1. The number of hydrogen-bond donors (Lipinski definition) is 1. The Morgan fingerprint density at radius 1 is 1.26 bits per heavy atom. The second-order valence-electron chi connectivity index (χ2n) is 6.26. The number of nitrogens with two attached hydrogens (primary N) is 1. The minimum Gasteiger partial charge on any atom is -0.340 e. The van der Waals surface area contributed by atoms with Gasteiger partial charge in [0.05, 0.1) is 5.88 Å². The smallest absolute Gasteiger partial charge is 0.246 e. The van der Waals surface area contributed by atoms with Crippen LogP contribution in [0.1, 0.15) is 18.4 Å². The maximum Gasteiger partial charge on any atom is 0.246 e. The van der Waals surface area contributed by atoms with Crippen molar-refractivity contribution in [3.05, 3.63) is 35.9 Å². The van der Waals surface area contributed by atoms with Gasteiger partial charge in [0.1, 0.15) is 6.04 Å². The van der Waals surface area contributed by atoms with Gasteiger partial charge in [-0.05, 0) is 18.0 Å². The number of benzene rings is 1. The summed E-state index contributed by atoms with van der Waals surface area (Å²) in [5.74, 6) is 1.91. The van der Waals surface area contributed by atoms with E-state index in [0.29, 0.717) is 31.3 Å². The van der Waals surface area contributed by atoms with Gasteiger partial charge in [-0.1, -0.05) is 30.3 Å². The molecule has 2 saturated heterocycles. The van der Waals surface area contributed by atoms with Crippen molar-refractivity contribution in [3.8, 4) is 0 Å². The van der Waals surface area contributed by atoms with Crippen molar-refractivity contribution in [2.45, 2.75) is 18.9 Å². The van der Waals surface area contributed by atoms with Gasteiger partial charge in [-0.3, -0.25) is 9.59 Å². The SMILES string of the molecule is CC(=O)N1CSCC1C(=O)N1C[C@@H](CN)[C@H](c2ccccc2)C1. The second-order valence-corrected chi connectivity index (χ2v) is 7.26. The summed E-state index contributed by atoms with van der Waals surface area (Å²) < 4.78 is 0. The summed E-state index contributed by atoms with van der Waals surface area (Å²) >= 11 is 1.64. The molecule has 1 aromatic carbocycles. The summed E-state index contributed by atoms with van der Waals surface area (Å²) in [5.41, 5.74) is 7.18. The van der Waals surface area contributed by atoms with Gasteiger partial charge in [-0.2, -0.15) is 0 Å². The van der Waals surface area contributed by atoms with E-state index in [1.807, 2.05) is 23.1 Å². The minimum atomic E-state index is -0.314. The molecule has 0 aromatic heterocycles. The van der Waals surface area contributed by atoms with Crippen molar-refractivity contribution in [2.24, 2.45) is 11.7 Å². The molecule has 0 radical (unpaired) electrons. The molecular formula is C17H23N3O2S. The van der Waals surface area contributed by atoms with Crippen molar-refractivity contribution < 1.29 is 9.59 Å². The zero-order chi connectivity index (χ0) is 16.4. The fourth-order valence-corrected chi connectivity index (χ4v) is 4.75. The van der Waals surface area contributed by atoms with Gasteiger partial charge < -0.3 is 15.5 Å². The molecule has 23 heavy (non-hydrogen) atoms. The molecule has 1 unspecified atom stereocenters. The molecule has 2 N–H and O–H groups in total. The van der Waals surface area contributed by atoms with Gasteiger partial charge in [0.25, 0.3) is 0 Å². The van der Waals surface area contributed by atoms with Crippen LogP contribution in [0.5, 0.6) is 0 Å². The molecule has 0 aliphatic carbocycles. The van der Waals surface area contributed by atoms with Crippen molar-refractivity contribution in [1.29, 1.82) is 0 Å². The lowest BCUT2D eigenvalue weighted by Gasteiger charge is -2.26. The highest BCUT2D eigenvalue weighted by Crippen LogP contribution is 2.33. The van der Waals surface area contributed by atoms with E-state index in [1.54, 1.807) is 16.7 Å². The summed E-state index contributed by atoms with van der Waals surface area (Å²) in [5, 5.41) is 0. The quantitative estimate of drug-likeness (QED) is 0.900. The van der Waals surface area contributed by atoms with E-state index in [1.165, 1.54) is 12.5 Å². The van der Waals surface area contributed by atoms with Gasteiger partial charge in [0.15, 0.2) is 0 Å². The van der Waals surface area contributed by atoms with Gasteiger partial charge in [0, 0.05) is 31.7 Å². The normalized spacial score (nSPS) is 27.5. The molecule has 0 saturated carbocycles. The average molecular weight is 333 g/mol. The fraction of sp³-hybridized carbons (Fsp3) is 0.529. The van der Waals surface area contributed by atoms with Crippen LogP contribution in [0.25, 0.3) is 0 Å². The number of carbonyl (C=O) groups is 2. The third-order valence-electron chi connectivity index (χ3n) is 4.86. The van der Waals surface area contributed by atoms with Crippen molar-refractivity contribution in [3.63, 3.8) is 0 Å². The first-order valence-corrected chi connectivity index (χ1v) is 9.16. The molecule has 2 aliphatic rings. The lowest BCUT2D eigenvalue weighted by atomic mass is 9.89. The molecule has 6 heteroatoms. The maximum atomic E-state index is 12.9. The third-order valence-corrected chi connectivity index (χ3v) is 5.87. The highest BCUT2D eigenvalue weighted by molar-refractivity contribution is 7.99. The van der Waals surface area contributed by atoms with E-state index in [9.17, 15) is 9.59 Å². The average Bonchev–Trinajstić information content (AvgIpc) is 3.22. The van der Waals surface area contributed by atoms with E-state index in [-0.39, 0.29) is 29.7 Å². The third kappa shape index (κ3) is 3.23. The van der Waals surface area contributed by atoms with Crippen LogP contribution < -0.4 is 5.73 Å². The monoisotopic (exact) mass is 333 g/mol. The van der Waals surface area contributed by atoms with E-state index >= 15 is 0 Å². The number of hydrogen-bond acceptors (Lipinski definition) is 4. The van der Waals surface area contributed by atoms with Crippen LogP contribution in [0, 0.1) is 5.92 Å². The lowest BCUT2D eigenvalue weighted by molar-refractivity contribution is -0.141. The predicted octanol–water partition coefficient (Wildman–Crippen LogP) is 1.11. The van der Waals surface area contributed by atoms with Crippen LogP contribution in [0.4, 0.5) is 0 Å². The first-order chi connectivity index (χ1) is 11.1. The first kappa shape index (κ1) is 16.3. The van der Waals surface area contributed by atoms with E-state index in [2.05, 4.69) is 12.1 Å². The van der Waals surface area contributed by atoms with Crippen LogP contribution in [0.15, 0.2) is 30.3 Å². The van der Waals surface area contributed by atoms with Gasteiger partial charge in [-0.25, -0.2) is 0 Å². The number of likely N-dealkylation sites (tertiary alicyclic amines) is 1. The van der Waals surface area contributed by atoms with Crippen molar-refractivity contribution >= 4 is 23.6 Å². The summed E-state index contributed by atoms with van der Waals surface area (Å²) in [6, 6.07) is 9.95. The molecule has 2 fully saturated rings. The zero-order valence-corrected chi connectivity index (χ0v) is 14.2. The number of amides is 2. The largest absolute Gasteiger partial charge is 0.340 e. The molecule has 3 atom stereocenters. The van der Waals surface area contributed by atoms with Gasteiger partial charge in [-0.15, -0.1) is 11.8 Å². The summed E-state index contributed by atoms with van der Waals surface area (Å²) in [4.78, 5) is 28.2. The molecule has 5 nitrogen and oxygen atoms in total. The molecule has 3 rings (SSSR count). The Labute approximate surface area is 141 Å². The number of carbonyl (C=O) groups excluding carboxylic acids is 2. The second kappa shape index (κ2) is 6.93. The van der Waals surface area contributed by atoms with Gasteiger partial charge in [0.2, 0.25) is 11.8 Å². The Morgan fingerprint density at radius 3 is 2.65 bits per heavy atom. The van der Waals surface area contributed by atoms with Gasteiger partial charge >= 0.3 is 0 Å². The number of rotatable bonds is 3. The Kier molecular flexibility index (Phi) is 4.92. The molecule has 1 aromatic rings. The van der Waals surface area contributed by atoms with E-state index < -0.39 is 0 Å². The highest BCUT2D eigenvalue weighted by atomic mass is 32.2. The molecule has 2 aliphatic heterocycles. The Balaban J connectivity index is 1.74. The molecule has 0 spiro atoms. The number of nitrogens with zero attached hydrogens (tertiary/aromatic N) is 2. The van der Waals surface area contributed by atoms with Crippen LogP contribution in [-0.2, 0) is 9.59 Å². The van der Waals surface area contributed by atoms with Crippen LogP contribution >= 0.6 is 11.8 Å². The van der Waals surface area contributed by atoms with E-state index in [0.717, 1.165) is 0 Å². The summed E-state index contributed by atoms with van der Waals surface area (Å²) in [7, 11) is 0. The molecule has 2 heterocycles. The summed E-state index contributed by atoms with van der Waals surface area (Å²) in [6.45, 7) is 3.48. The van der Waals surface area contributed by atoms with Crippen molar-refractivity contribution in [1.82, 2.24) is 9.80 Å². The molecular weight excluding hydrogens is 310 g/mol. The Hall–Kier alpha value is -1.53. The van der Waals surface area contributed by atoms with Crippen molar-refractivity contribution in [2.75, 3.05) is 31.3 Å². The fourth-order valence-electron chi connectivity index (χ4n) is 3.54. The topological polar surface area (TPSA) is 66.6 Å². The predicted molar refractivity (Wildman–Crippen MR) is 91.9 cm³/mol. The lowest BCUT2D eigenvalue weighted by Crippen LogP contribution is -2.47. The Bertz CT molecular complexity index is 580. The Morgan fingerprint density at radius 2 is 2.00 bits per heavy atom. The highest BCUT2D eigenvalue weighted by Gasteiger charge is 2.41. The molecule has 0 bridgehead atoms.